The second-order valence-electron chi connectivity index (χ2n) is 6.75. The summed E-state index contributed by atoms with van der Waals surface area (Å²) >= 11 is 0. The second kappa shape index (κ2) is 6.57. The minimum atomic E-state index is -0.623. The van der Waals surface area contributed by atoms with Crippen molar-refractivity contribution in [3.8, 4) is 11.4 Å². The first-order valence-corrected chi connectivity index (χ1v) is 8.64. The van der Waals surface area contributed by atoms with Crippen LogP contribution < -0.4 is 5.32 Å². The van der Waals surface area contributed by atoms with Gasteiger partial charge in [0.25, 0.3) is 0 Å². The van der Waals surface area contributed by atoms with E-state index in [-0.39, 0.29) is 23.4 Å². The summed E-state index contributed by atoms with van der Waals surface area (Å²) in [4.78, 5) is 17.1. The van der Waals surface area contributed by atoms with Gasteiger partial charge < -0.3 is 9.84 Å². The summed E-state index contributed by atoms with van der Waals surface area (Å²) in [7, 11) is 0. The third kappa shape index (κ3) is 3.32. The number of carbonyl (C=O) groups excluding carboxylic acids is 1. The summed E-state index contributed by atoms with van der Waals surface area (Å²) < 4.78 is 31.4. The number of nitrogens with one attached hydrogen (secondary N) is 1. The van der Waals surface area contributed by atoms with Gasteiger partial charge in [-0.2, -0.15) is 4.98 Å². The fraction of sp³-hybridized carbons (Fsp3) is 0.250. The van der Waals surface area contributed by atoms with E-state index in [2.05, 4.69) is 15.5 Å². The molecule has 1 fully saturated rings. The number of amides is 1. The molecule has 138 valence electrons. The summed E-state index contributed by atoms with van der Waals surface area (Å²) in [6, 6.07) is 11.3. The monoisotopic (exact) mass is 369 g/mol. The third-order valence-electron chi connectivity index (χ3n) is 4.84. The Morgan fingerprint density at radius 1 is 1.07 bits per heavy atom. The van der Waals surface area contributed by atoms with Gasteiger partial charge in [-0.1, -0.05) is 17.3 Å². The molecule has 27 heavy (non-hydrogen) atoms. The van der Waals surface area contributed by atoms with Crippen LogP contribution in [-0.2, 0) is 10.2 Å². The van der Waals surface area contributed by atoms with Gasteiger partial charge in [0.05, 0.1) is 5.41 Å². The third-order valence-corrected chi connectivity index (χ3v) is 4.84. The summed E-state index contributed by atoms with van der Waals surface area (Å²) in [6.07, 6.45) is 1.42. The molecule has 7 heteroatoms. The summed E-state index contributed by atoms with van der Waals surface area (Å²) in [6.45, 7) is 1.75. The number of rotatable bonds is 5. The Morgan fingerprint density at radius 2 is 1.67 bits per heavy atom. The molecular formula is C20H17F2N3O2. The molecule has 1 amide bonds. The predicted molar refractivity (Wildman–Crippen MR) is 93.6 cm³/mol. The van der Waals surface area contributed by atoms with E-state index >= 15 is 0 Å². The van der Waals surface area contributed by atoms with Gasteiger partial charge in [0.1, 0.15) is 17.7 Å². The van der Waals surface area contributed by atoms with Gasteiger partial charge in [-0.25, -0.2) is 8.78 Å². The molecule has 4 rings (SSSR count). The summed E-state index contributed by atoms with van der Waals surface area (Å²) in [5.74, 6) is -0.243. The average Bonchev–Trinajstić information content (AvgIpc) is 3.33. The van der Waals surface area contributed by atoms with Crippen LogP contribution in [0.15, 0.2) is 53.1 Å². The Labute approximate surface area is 154 Å². The van der Waals surface area contributed by atoms with E-state index in [1.165, 1.54) is 24.3 Å². The van der Waals surface area contributed by atoms with Gasteiger partial charge >= 0.3 is 0 Å². The van der Waals surface area contributed by atoms with E-state index in [1.807, 2.05) is 0 Å². The largest absolute Gasteiger partial charge is 0.344 e. The lowest BCUT2D eigenvalue weighted by atomic mass is 9.94. The molecule has 0 bridgehead atoms. The van der Waals surface area contributed by atoms with E-state index in [0.717, 1.165) is 5.56 Å². The Hall–Kier alpha value is -3.09. The zero-order valence-corrected chi connectivity index (χ0v) is 14.6. The molecule has 1 aliphatic carbocycles. The van der Waals surface area contributed by atoms with Crippen LogP contribution in [0.5, 0.6) is 0 Å². The molecule has 0 spiro atoms. The molecule has 0 unspecified atom stereocenters. The summed E-state index contributed by atoms with van der Waals surface area (Å²) in [5, 5.41) is 6.79. The zero-order valence-electron chi connectivity index (χ0n) is 14.6. The lowest BCUT2D eigenvalue weighted by Crippen LogP contribution is -2.36. The quantitative estimate of drug-likeness (QED) is 0.740. The first-order valence-electron chi connectivity index (χ1n) is 8.64. The molecule has 1 heterocycles. The number of halogens is 2. The van der Waals surface area contributed by atoms with Crippen molar-refractivity contribution in [2.24, 2.45) is 0 Å². The van der Waals surface area contributed by atoms with Crippen molar-refractivity contribution < 1.29 is 18.1 Å². The van der Waals surface area contributed by atoms with Crippen molar-refractivity contribution in [1.29, 1.82) is 0 Å². The molecule has 0 radical (unpaired) electrons. The highest BCUT2D eigenvalue weighted by Gasteiger charge is 2.51. The lowest BCUT2D eigenvalue weighted by Gasteiger charge is -2.18. The number of aromatic nitrogens is 2. The molecule has 5 nitrogen and oxygen atoms in total. The maximum atomic E-state index is 13.1. The van der Waals surface area contributed by atoms with Gasteiger partial charge in [-0.3, -0.25) is 4.79 Å². The minimum Gasteiger partial charge on any atom is -0.344 e. The Balaban J connectivity index is 1.48. The molecule has 3 aromatic rings. The molecule has 1 atom stereocenters. The number of carbonyl (C=O) groups is 1. The lowest BCUT2D eigenvalue weighted by molar-refractivity contribution is -0.124. The molecule has 1 aliphatic rings. The Morgan fingerprint density at radius 3 is 2.26 bits per heavy atom. The first-order chi connectivity index (χ1) is 13.0. The van der Waals surface area contributed by atoms with Crippen LogP contribution in [0.3, 0.4) is 0 Å². The maximum Gasteiger partial charge on any atom is 0.249 e. The summed E-state index contributed by atoms with van der Waals surface area (Å²) in [5.41, 5.74) is 0.794. The van der Waals surface area contributed by atoms with Gasteiger partial charge in [0, 0.05) is 5.56 Å². The number of hydrogen-bond acceptors (Lipinski definition) is 4. The van der Waals surface area contributed by atoms with Crippen molar-refractivity contribution in [3.63, 3.8) is 0 Å². The number of nitrogens with zero attached hydrogens (tertiary/aromatic N) is 2. The number of hydrogen-bond donors (Lipinski definition) is 1. The Bertz CT molecular complexity index is 964. The van der Waals surface area contributed by atoms with Crippen LogP contribution in [0.1, 0.15) is 37.3 Å². The van der Waals surface area contributed by atoms with Crippen LogP contribution in [0.2, 0.25) is 0 Å². The topological polar surface area (TPSA) is 68.0 Å². The zero-order chi connectivity index (χ0) is 19.0. The predicted octanol–water partition coefficient (Wildman–Crippen LogP) is 3.92. The van der Waals surface area contributed by atoms with Crippen molar-refractivity contribution in [3.05, 3.63) is 71.6 Å². The highest BCUT2D eigenvalue weighted by atomic mass is 19.1. The molecule has 0 saturated heterocycles. The fourth-order valence-corrected chi connectivity index (χ4v) is 3.06. The molecule has 1 N–H and O–H groups in total. The second-order valence-corrected chi connectivity index (χ2v) is 6.75. The van der Waals surface area contributed by atoms with Crippen LogP contribution in [0.25, 0.3) is 11.4 Å². The van der Waals surface area contributed by atoms with Gasteiger partial charge in [-0.15, -0.1) is 0 Å². The molecular weight excluding hydrogens is 352 g/mol. The highest BCUT2D eigenvalue weighted by Crippen LogP contribution is 2.48. The molecule has 1 saturated carbocycles. The van der Waals surface area contributed by atoms with Gasteiger partial charge in [0.15, 0.2) is 0 Å². The average molecular weight is 369 g/mol. The first kappa shape index (κ1) is 17.3. The maximum absolute atomic E-state index is 13.1. The van der Waals surface area contributed by atoms with E-state index in [1.54, 1.807) is 31.2 Å². The Kier molecular flexibility index (Phi) is 4.22. The molecule has 1 aromatic heterocycles. The van der Waals surface area contributed by atoms with Gasteiger partial charge in [-0.05, 0) is 61.7 Å². The van der Waals surface area contributed by atoms with Crippen molar-refractivity contribution in [2.75, 3.05) is 0 Å². The van der Waals surface area contributed by atoms with E-state index in [4.69, 9.17) is 4.52 Å². The van der Waals surface area contributed by atoms with E-state index in [0.29, 0.717) is 24.2 Å². The standard InChI is InChI=1S/C20H17F2N3O2/c1-12(18-24-17(25-27-18)13-2-6-15(21)7-3-13)23-19(26)20(10-11-20)14-4-8-16(22)9-5-14/h2-9,12H,10-11H2,1H3,(H,23,26)/t12-/m1/s1. The van der Waals surface area contributed by atoms with E-state index in [9.17, 15) is 13.6 Å². The molecule has 2 aromatic carbocycles. The SMILES string of the molecule is C[C@@H](NC(=O)C1(c2ccc(F)cc2)CC1)c1nc(-c2ccc(F)cc2)no1. The minimum absolute atomic E-state index is 0.150. The highest BCUT2D eigenvalue weighted by molar-refractivity contribution is 5.91. The normalized spacial score (nSPS) is 16.0. The van der Waals surface area contributed by atoms with Crippen LogP contribution in [-0.4, -0.2) is 16.0 Å². The van der Waals surface area contributed by atoms with Crippen LogP contribution in [0.4, 0.5) is 8.78 Å². The smallest absolute Gasteiger partial charge is 0.249 e. The van der Waals surface area contributed by atoms with E-state index < -0.39 is 11.5 Å². The van der Waals surface area contributed by atoms with Crippen LogP contribution in [0, 0.1) is 11.6 Å². The van der Waals surface area contributed by atoms with Crippen molar-refractivity contribution >= 4 is 5.91 Å². The fourth-order valence-electron chi connectivity index (χ4n) is 3.06. The van der Waals surface area contributed by atoms with Crippen molar-refractivity contribution in [1.82, 2.24) is 15.5 Å². The van der Waals surface area contributed by atoms with Crippen LogP contribution >= 0.6 is 0 Å². The number of benzene rings is 2. The van der Waals surface area contributed by atoms with Crippen molar-refractivity contribution in [2.45, 2.75) is 31.2 Å². The van der Waals surface area contributed by atoms with Gasteiger partial charge in [0.2, 0.25) is 17.6 Å². The molecule has 0 aliphatic heterocycles.